The first-order valence-corrected chi connectivity index (χ1v) is 34.9. The molecule has 102 heavy (non-hydrogen) atoms. The van der Waals surface area contributed by atoms with E-state index in [1.807, 2.05) is 49.6 Å². The fraction of sp³-hybridized carbons (Fsp3) is 0.600. The molecule has 2 saturated heterocycles. The molecule has 3 aliphatic heterocycles. The van der Waals surface area contributed by atoms with Gasteiger partial charge in [0.05, 0.1) is 54.9 Å². The van der Waals surface area contributed by atoms with Crippen molar-refractivity contribution in [2.75, 3.05) is 53.3 Å². The van der Waals surface area contributed by atoms with Gasteiger partial charge in [0.1, 0.15) is 59.4 Å². The fourth-order valence-corrected chi connectivity index (χ4v) is 13.3. The zero-order chi connectivity index (χ0) is 75.6. The van der Waals surface area contributed by atoms with Gasteiger partial charge in [0.15, 0.2) is 6.10 Å². The van der Waals surface area contributed by atoms with Crippen LogP contribution in [-0.4, -0.2) is 237 Å². The maximum Gasteiger partial charge on any atom is 0.410 e. The molecule has 15 atom stereocenters. The van der Waals surface area contributed by atoms with Crippen LogP contribution in [0, 0.1) is 23.7 Å². The quantitative estimate of drug-likeness (QED) is 0.0387. The molecule has 9 N–H and O–H groups in total. The van der Waals surface area contributed by atoms with Crippen molar-refractivity contribution in [1.29, 1.82) is 0 Å². The number of aromatic nitrogens is 1. The van der Waals surface area contributed by atoms with Gasteiger partial charge in [-0.25, -0.2) is 19.4 Å². The number of likely N-dealkylation sites (tertiary alicyclic amines) is 1. The van der Waals surface area contributed by atoms with E-state index in [0.29, 0.717) is 37.1 Å². The summed E-state index contributed by atoms with van der Waals surface area (Å²) in [7, 11) is 5.93. The van der Waals surface area contributed by atoms with E-state index in [1.54, 1.807) is 73.5 Å². The number of aliphatic hydroxyl groups is 3. The van der Waals surface area contributed by atoms with Crippen molar-refractivity contribution >= 4 is 82.4 Å². The Kier molecular flexibility index (Phi) is 30.3. The number of carbonyl (C=O) groups is 11. The summed E-state index contributed by atoms with van der Waals surface area (Å²) < 4.78 is 34.3. The molecule has 31 nitrogen and oxygen atoms in total. The van der Waals surface area contributed by atoms with Crippen molar-refractivity contribution in [1.82, 2.24) is 45.9 Å². The molecule has 4 heterocycles. The van der Waals surface area contributed by atoms with Gasteiger partial charge >= 0.3 is 18.2 Å². The third-order valence-corrected chi connectivity index (χ3v) is 19.0. The largest absolute Gasteiger partial charge is 0.479 e. The van der Waals surface area contributed by atoms with Gasteiger partial charge < -0.3 is 85.2 Å². The van der Waals surface area contributed by atoms with Crippen molar-refractivity contribution in [2.45, 2.75) is 199 Å². The Morgan fingerprint density at radius 2 is 1.49 bits per heavy atom. The molecule has 0 bridgehead atoms. The van der Waals surface area contributed by atoms with Crippen molar-refractivity contribution in [3.05, 3.63) is 88.4 Å². The second-order valence-electron chi connectivity index (χ2n) is 27.3. The number of methoxy groups -OCH3 is 2. The maximum absolute atomic E-state index is 15.0. The number of carbonyl (C=O) groups excluding carboxylic acids is 10. The van der Waals surface area contributed by atoms with Crippen LogP contribution in [0.4, 0.5) is 15.3 Å². The molecular weight excluding hydrogens is 1350 g/mol. The van der Waals surface area contributed by atoms with Crippen molar-refractivity contribution in [3.8, 4) is 5.75 Å². The van der Waals surface area contributed by atoms with Crippen LogP contribution in [-0.2, 0) is 79.9 Å². The van der Waals surface area contributed by atoms with E-state index in [1.165, 1.54) is 55.7 Å². The number of nitrogens with one attached hydrogen (secondary N) is 5. The summed E-state index contributed by atoms with van der Waals surface area (Å²) in [6.45, 7) is 16.2. The van der Waals surface area contributed by atoms with Crippen molar-refractivity contribution in [2.24, 2.45) is 23.7 Å². The molecule has 3 aliphatic rings. The average Bonchev–Trinajstić information content (AvgIpc) is 1.09. The van der Waals surface area contributed by atoms with Crippen LogP contribution in [0.1, 0.15) is 124 Å². The maximum atomic E-state index is 15.0. The van der Waals surface area contributed by atoms with Gasteiger partial charge in [-0.05, 0) is 81.0 Å². The number of ether oxygens (including phenoxy) is 6. The second kappa shape index (κ2) is 37.5. The van der Waals surface area contributed by atoms with E-state index < -0.39 is 182 Å². The molecule has 2 aromatic carbocycles. The zero-order valence-electron chi connectivity index (χ0n) is 60.2. The molecule has 0 aliphatic carbocycles. The number of carboxylic acids is 1. The lowest BCUT2D eigenvalue weighted by atomic mass is 9.89. The van der Waals surface area contributed by atoms with Gasteiger partial charge in [0.2, 0.25) is 41.7 Å². The molecule has 0 saturated carbocycles. The van der Waals surface area contributed by atoms with E-state index in [9.17, 15) is 73.2 Å². The van der Waals surface area contributed by atoms with Crippen molar-refractivity contribution in [3.63, 3.8) is 0 Å². The van der Waals surface area contributed by atoms with Gasteiger partial charge in [0, 0.05) is 71.6 Å². The van der Waals surface area contributed by atoms with E-state index in [2.05, 4.69) is 31.6 Å². The standard InChI is InChI=1S/C70H100N10O21S/c1-15-39(6)55(48(96-13)34-52(84)79-30-19-22-45(79)59(97-14)40(7)61(88)75-44(64-72-29-31-102-64)32-41-20-17-16-18-21-41)77(11)65(91)53(37(2)3)76-63(90)54(38(4)5)78(12)69(95)98-36-42-23-24-47(99-67-58(87)56(85)57(86)60(100-67)66(92)93)43(33-42)74-49(81)27-28-71-62(89)46(80-50(82)25-26-51(80)83)35-73-68(94)101-70(8,9)10/h16-18,20-21,23-26,29,31,33,37-40,44-46,48,53-60,67,85-87H,15,19,22,27-28,30,32,34-36H2,1-14H3,(H,71,89)(H,73,94)(H,74,81)(H,75,88)(H,76,90)(H,92,93)/t39-,40+,44-,45-,46-,48?,53-,54-,55-,56-,57-,58+,59+,60-,67+/m0/s1. The normalized spacial score (nSPS) is 21.0. The summed E-state index contributed by atoms with van der Waals surface area (Å²) >= 11 is 1.45. The number of aliphatic hydroxyl groups excluding tert-OH is 3. The molecule has 562 valence electrons. The van der Waals surface area contributed by atoms with E-state index in [-0.39, 0.29) is 41.2 Å². The first kappa shape index (κ1) is 82.3. The Morgan fingerprint density at radius 3 is 2.08 bits per heavy atom. The number of likely N-dealkylation sites (N-methyl/N-ethyl adjacent to an activating group) is 2. The predicted molar refractivity (Wildman–Crippen MR) is 369 cm³/mol. The van der Waals surface area contributed by atoms with Crippen LogP contribution < -0.4 is 31.3 Å². The monoisotopic (exact) mass is 1450 g/mol. The minimum Gasteiger partial charge on any atom is -0.479 e. The van der Waals surface area contributed by atoms with Crippen LogP contribution in [0.3, 0.4) is 0 Å². The highest BCUT2D eigenvalue weighted by atomic mass is 32.1. The molecule has 2 fully saturated rings. The Balaban J connectivity index is 1.13. The van der Waals surface area contributed by atoms with Gasteiger partial charge in [-0.2, -0.15) is 0 Å². The number of benzene rings is 2. The number of hydrogen-bond donors (Lipinski definition) is 9. The molecule has 0 spiro atoms. The Labute approximate surface area is 597 Å². The summed E-state index contributed by atoms with van der Waals surface area (Å²) in [5, 5.41) is 57.5. The number of carboxylic acid groups (broad SMARTS) is 1. The highest BCUT2D eigenvalue weighted by molar-refractivity contribution is 7.09. The van der Waals surface area contributed by atoms with Crippen LogP contribution >= 0.6 is 11.3 Å². The van der Waals surface area contributed by atoms with Gasteiger partial charge in [-0.15, -0.1) is 11.3 Å². The smallest absolute Gasteiger partial charge is 0.410 e. The number of nitrogens with zero attached hydrogens (tertiary/aromatic N) is 5. The minimum atomic E-state index is -2.08. The highest BCUT2D eigenvalue weighted by Crippen LogP contribution is 2.34. The summed E-state index contributed by atoms with van der Waals surface area (Å²) in [6.07, 6.45) is -8.40. The number of anilines is 1. The molecule has 32 heteroatoms. The summed E-state index contributed by atoms with van der Waals surface area (Å²) in [5.41, 5.74) is 0.0429. The third kappa shape index (κ3) is 21.7. The minimum absolute atomic E-state index is 0.129. The first-order valence-electron chi connectivity index (χ1n) is 34.0. The Hall–Kier alpha value is -8.66. The zero-order valence-corrected chi connectivity index (χ0v) is 61.0. The Morgan fingerprint density at radius 1 is 0.814 bits per heavy atom. The lowest BCUT2D eigenvalue weighted by molar-refractivity contribution is -0.271. The highest BCUT2D eigenvalue weighted by Gasteiger charge is 2.49. The summed E-state index contributed by atoms with van der Waals surface area (Å²) in [6, 6.07) is 8.11. The molecule has 0 radical (unpaired) electrons. The third-order valence-electron chi connectivity index (χ3n) is 18.1. The lowest BCUT2D eigenvalue weighted by Gasteiger charge is -2.41. The number of thiazole rings is 1. The van der Waals surface area contributed by atoms with Crippen LogP contribution in [0.25, 0.3) is 0 Å². The fourth-order valence-electron chi connectivity index (χ4n) is 12.6. The van der Waals surface area contributed by atoms with Crippen LogP contribution in [0.15, 0.2) is 72.3 Å². The number of hydrogen-bond acceptors (Lipinski definition) is 22. The van der Waals surface area contributed by atoms with Gasteiger partial charge in [-0.3, -0.25) is 48.2 Å². The topological polar surface area (TPSA) is 410 Å². The Bertz CT molecular complexity index is 3410. The molecular formula is C70H100N10O21S. The first-order chi connectivity index (χ1) is 48.1. The average molecular weight is 1450 g/mol. The van der Waals surface area contributed by atoms with Crippen molar-refractivity contribution < 1.29 is 102 Å². The number of amides is 10. The SMILES string of the molecule is CC[C@H](C)[C@@H](C(CC(=O)N1CCC[C@H]1[C@H](OC)[C@@H](C)C(=O)N[C@@H](Cc1ccccc1)c1nccs1)OC)N(C)C(=O)[C@@H](NC(=O)[C@H](C(C)C)N(C)C(=O)OCc1ccc(O[C@@H]2O[C@H](C(=O)O)[C@@H](O)[C@H](O)[C@H]2O)c(NC(=O)CCNC(=O)[C@H](CNC(=O)OC(C)(C)C)N2C(=O)C=CC2=O)c1)C(C)C. The molecule has 1 aromatic heterocycles. The van der Waals surface area contributed by atoms with Gasteiger partial charge in [0.25, 0.3) is 11.8 Å². The van der Waals surface area contributed by atoms with E-state index in [0.717, 1.165) is 27.6 Å². The molecule has 3 aromatic rings. The van der Waals surface area contributed by atoms with E-state index >= 15 is 0 Å². The number of aliphatic carboxylic acids is 1. The summed E-state index contributed by atoms with van der Waals surface area (Å²) in [4.78, 5) is 159. The lowest BCUT2D eigenvalue weighted by Crippen LogP contribution is -2.61. The number of rotatable bonds is 34. The molecule has 10 amide bonds. The van der Waals surface area contributed by atoms with Gasteiger partial charge in [-0.1, -0.05) is 91.3 Å². The van der Waals surface area contributed by atoms with E-state index in [4.69, 9.17) is 28.4 Å². The molecule has 1 unspecified atom stereocenters. The second-order valence-corrected chi connectivity index (χ2v) is 28.3. The van der Waals surface area contributed by atoms with Crippen LogP contribution in [0.2, 0.25) is 0 Å². The molecule has 6 rings (SSSR count). The van der Waals surface area contributed by atoms with Crippen LogP contribution in [0.5, 0.6) is 5.75 Å². The predicted octanol–water partition coefficient (Wildman–Crippen LogP) is 3.43. The number of imide groups is 1. The number of alkyl carbamates (subject to hydrolysis) is 1. The summed E-state index contributed by atoms with van der Waals surface area (Å²) in [5.74, 6) is -9.15.